The third-order valence-corrected chi connectivity index (χ3v) is 4.89. The van der Waals surface area contributed by atoms with Crippen molar-refractivity contribution >= 4 is 22.6 Å². The molecule has 0 saturated heterocycles. The number of hydrogen-bond donors (Lipinski definition) is 2. The maximum absolute atomic E-state index is 13.2. The van der Waals surface area contributed by atoms with Crippen LogP contribution in [0.2, 0.25) is 0 Å². The van der Waals surface area contributed by atoms with Crippen molar-refractivity contribution in [3.63, 3.8) is 0 Å². The van der Waals surface area contributed by atoms with E-state index in [0.717, 1.165) is 36.1 Å². The highest BCUT2D eigenvalue weighted by Gasteiger charge is 2.22. The summed E-state index contributed by atoms with van der Waals surface area (Å²) in [6.45, 7) is 6.02. The molecule has 0 aliphatic heterocycles. The number of carbonyl (C=O) groups is 1. The molecule has 0 fully saturated rings. The molecule has 0 aliphatic rings. The molecule has 0 saturated carbocycles. The van der Waals surface area contributed by atoms with E-state index in [1.165, 1.54) is 12.1 Å². The number of hydrogen-bond acceptors (Lipinski definition) is 4. The van der Waals surface area contributed by atoms with Gasteiger partial charge in [-0.05, 0) is 48.6 Å². The highest BCUT2D eigenvalue weighted by atomic mass is 16.3. The summed E-state index contributed by atoms with van der Waals surface area (Å²) in [5, 5.41) is 12.9. The third kappa shape index (κ3) is 3.65. The minimum Gasteiger partial charge on any atom is -0.508 e. The van der Waals surface area contributed by atoms with Gasteiger partial charge in [0.1, 0.15) is 22.7 Å². The molecular weight excluding hydrogens is 354 g/mol. The molecule has 0 bridgehead atoms. The molecule has 0 radical (unpaired) electrons. The number of benzene rings is 2. The lowest BCUT2D eigenvalue weighted by atomic mass is 10.0. The minimum absolute atomic E-state index is 0.00732. The monoisotopic (exact) mass is 379 g/mol. The summed E-state index contributed by atoms with van der Waals surface area (Å²) in [6, 6.07) is 10.3. The van der Waals surface area contributed by atoms with Gasteiger partial charge in [-0.3, -0.25) is 9.59 Å². The van der Waals surface area contributed by atoms with Crippen LogP contribution in [0.25, 0.3) is 11.0 Å². The summed E-state index contributed by atoms with van der Waals surface area (Å²) < 4.78 is 5.87. The number of phenols is 1. The molecule has 0 spiro atoms. The number of rotatable bonds is 6. The summed E-state index contributed by atoms with van der Waals surface area (Å²) in [6.07, 6.45) is 2.75. The molecule has 146 valence electrons. The van der Waals surface area contributed by atoms with E-state index in [2.05, 4.69) is 5.32 Å². The Bertz CT molecular complexity index is 1060. The minimum atomic E-state index is -0.474. The van der Waals surface area contributed by atoms with Crippen molar-refractivity contribution in [2.24, 2.45) is 0 Å². The Labute approximate surface area is 164 Å². The fraction of sp³-hybridized carbons (Fsp3) is 0.304. The molecule has 1 amide bonds. The van der Waals surface area contributed by atoms with E-state index in [1.54, 1.807) is 6.07 Å². The molecule has 0 aliphatic carbocycles. The highest BCUT2D eigenvalue weighted by Crippen LogP contribution is 2.25. The molecule has 3 aromatic rings. The second-order valence-electron chi connectivity index (χ2n) is 6.77. The highest BCUT2D eigenvalue weighted by molar-refractivity contribution is 6.07. The topological polar surface area (TPSA) is 79.5 Å². The summed E-state index contributed by atoms with van der Waals surface area (Å²) in [7, 11) is 0. The number of phenolic OH excluding ortho intramolecular Hbond substituents is 1. The molecule has 3 rings (SSSR count). The van der Waals surface area contributed by atoms with Gasteiger partial charge in [-0.1, -0.05) is 39.0 Å². The van der Waals surface area contributed by atoms with E-state index in [0.29, 0.717) is 17.8 Å². The third-order valence-electron chi connectivity index (χ3n) is 4.89. The van der Waals surface area contributed by atoms with Crippen molar-refractivity contribution in [2.75, 3.05) is 5.32 Å². The number of para-hydroxylation sites is 1. The Morgan fingerprint density at radius 2 is 1.75 bits per heavy atom. The van der Waals surface area contributed by atoms with Gasteiger partial charge in [0.15, 0.2) is 0 Å². The van der Waals surface area contributed by atoms with Crippen molar-refractivity contribution < 1.29 is 14.3 Å². The average Bonchev–Trinajstić information content (AvgIpc) is 2.69. The van der Waals surface area contributed by atoms with E-state index in [4.69, 9.17) is 4.42 Å². The summed E-state index contributed by atoms with van der Waals surface area (Å²) in [5.41, 5.74) is 2.75. The molecule has 1 heterocycles. The van der Waals surface area contributed by atoms with Crippen LogP contribution >= 0.6 is 0 Å². The lowest BCUT2D eigenvalue weighted by Gasteiger charge is -2.15. The molecule has 5 nitrogen and oxygen atoms in total. The zero-order chi connectivity index (χ0) is 20.3. The first-order chi connectivity index (χ1) is 13.5. The molecule has 1 aromatic heterocycles. The van der Waals surface area contributed by atoms with Gasteiger partial charge >= 0.3 is 0 Å². The van der Waals surface area contributed by atoms with Gasteiger partial charge in [-0.2, -0.15) is 0 Å². The first-order valence-corrected chi connectivity index (χ1v) is 9.70. The van der Waals surface area contributed by atoms with Crippen LogP contribution in [0.1, 0.15) is 54.4 Å². The molecule has 2 N–H and O–H groups in total. The predicted octanol–water partition coefficient (Wildman–Crippen LogP) is 4.83. The molecular formula is C23H25NO4. The van der Waals surface area contributed by atoms with Crippen molar-refractivity contribution in [3.05, 3.63) is 69.1 Å². The van der Waals surface area contributed by atoms with Crippen LogP contribution in [0.5, 0.6) is 5.75 Å². The van der Waals surface area contributed by atoms with Crippen LogP contribution in [0, 0.1) is 0 Å². The number of anilines is 1. The Balaban J connectivity index is 2.15. The maximum atomic E-state index is 13.2. The van der Waals surface area contributed by atoms with E-state index < -0.39 is 11.3 Å². The Morgan fingerprint density at radius 1 is 1.07 bits per heavy atom. The molecule has 0 atom stereocenters. The van der Waals surface area contributed by atoms with Crippen molar-refractivity contribution in [3.8, 4) is 5.75 Å². The number of nitrogens with one attached hydrogen (secondary N) is 1. The van der Waals surface area contributed by atoms with Crippen molar-refractivity contribution in [1.82, 2.24) is 0 Å². The molecule has 28 heavy (non-hydrogen) atoms. The first-order valence-electron chi connectivity index (χ1n) is 9.70. The fourth-order valence-corrected chi connectivity index (χ4v) is 3.44. The van der Waals surface area contributed by atoms with Crippen LogP contribution < -0.4 is 10.7 Å². The number of fused-ring (bicyclic) bond motifs is 1. The van der Waals surface area contributed by atoms with Crippen LogP contribution in [0.15, 0.2) is 45.6 Å². The number of amides is 1. The lowest BCUT2D eigenvalue weighted by Crippen LogP contribution is -2.25. The van der Waals surface area contributed by atoms with Gasteiger partial charge in [-0.15, -0.1) is 0 Å². The van der Waals surface area contributed by atoms with Crippen molar-refractivity contribution in [2.45, 2.75) is 46.5 Å². The number of aromatic hydroxyl groups is 1. The predicted molar refractivity (Wildman–Crippen MR) is 111 cm³/mol. The summed E-state index contributed by atoms with van der Waals surface area (Å²) in [4.78, 5) is 26.2. The van der Waals surface area contributed by atoms with Crippen LogP contribution in [0.3, 0.4) is 0 Å². The second-order valence-corrected chi connectivity index (χ2v) is 6.77. The van der Waals surface area contributed by atoms with Gasteiger partial charge in [-0.25, -0.2) is 0 Å². The SMILES string of the molecule is CCCc1oc2ccc(O)cc2c(=O)c1C(=O)Nc1c(CC)cccc1CC. The van der Waals surface area contributed by atoms with Gasteiger partial charge < -0.3 is 14.8 Å². The van der Waals surface area contributed by atoms with Crippen LogP contribution in [-0.2, 0) is 19.3 Å². The Morgan fingerprint density at radius 3 is 2.36 bits per heavy atom. The molecule has 5 heteroatoms. The van der Waals surface area contributed by atoms with Gasteiger partial charge in [0, 0.05) is 12.1 Å². The average molecular weight is 379 g/mol. The second kappa shape index (κ2) is 8.30. The molecule has 0 unspecified atom stereocenters. The van der Waals surface area contributed by atoms with Crippen molar-refractivity contribution in [1.29, 1.82) is 0 Å². The van der Waals surface area contributed by atoms with E-state index in [9.17, 15) is 14.7 Å². The Kier molecular flexibility index (Phi) is 5.83. The zero-order valence-corrected chi connectivity index (χ0v) is 16.5. The summed E-state index contributed by atoms with van der Waals surface area (Å²) >= 11 is 0. The zero-order valence-electron chi connectivity index (χ0n) is 16.5. The number of aryl methyl sites for hydroxylation is 3. The standard InChI is InChI=1S/C23H25NO4/c1-4-8-19-20(22(26)17-13-16(25)11-12-18(17)28-19)23(27)24-21-14(5-2)9-7-10-15(21)6-3/h7,9-13,25H,4-6,8H2,1-3H3,(H,24,27). The van der Waals surface area contributed by atoms with Gasteiger partial charge in [0.05, 0.1) is 5.39 Å². The van der Waals surface area contributed by atoms with E-state index >= 15 is 0 Å². The fourth-order valence-electron chi connectivity index (χ4n) is 3.44. The normalized spacial score (nSPS) is 11.0. The molecule has 2 aromatic carbocycles. The lowest BCUT2D eigenvalue weighted by molar-refractivity contribution is 0.102. The Hall–Kier alpha value is -3.08. The largest absolute Gasteiger partial charge is 0.508 e. The smallest absolute Gasteiger partial charge is 0.263 e. The quantitative estimate of drug-likeness (QED) is 0.643. The van der Waals surface area contributed by atoms with Crippen LogP contribution in [-0.4, -0.2) is 11.0 Å². The number of carbonyl (C=O) groups excluding carboxylic acids is 1. The first kappa shape index (κ1) is 19.7. The van der Waals surface area contributed by atoms with E-state index in [-0.39, 0.29) is 16.7 Å². The maximum Gasteiger partial charge on any atom is 0.263 e. The van der Waals surface area contributed by atoms with Gasteiger partial charge in [0.25, 0.3) is 5.91 Å². The van der Waals surface area contributed by atoms with E-state index in [1.807, 2.05) is 39.0 Å². The summed E-state index contributed by atoms with van der Waals surface area (Å²) in [5.74, 6) is -0.146. The van der Waals surface area contributed by atoms with Gasteiger partial charge in [0.2, 0.25) is 5.43 Å². The van der Waals surface area contributed by atoms with Crippen LogP contribution in [0.4, 0.5) is 5.69 Å².